The SMILES string of the molecule is CC(C)C1=Cc2ccc3cc(C(C)C)cc4c3c2C(C=C4)C1. The van der Waals surface area contributed by atoms with Gasteiger partial charge < -0.3 is 0 Å². The Bertz CT molecular complexity index is 816. The van der Waals surface area contributed by atoms with Gasteiger partial charge in [-0.15, -0.1) is 0 Å². The van der Waals surface area contributed by atoms with Gasteiger partial charge >= 0.3 is 0 Å². The zero-order valence-electron chi connectivity index (χ0n) is 14.0. The summed E-state index contributed by atoms with van der Waals surface area (Å²) in [6, 6.07) is 9.43. The van der Waals surface area contributed by atoms with Crippen LogP contribution in [0.1, 0.15) is 68.2 Å². The Morgan fingerprint density at radius 1 is 0.955 bits per heavy atom. The molecule has 0 heterocycles. The molecule has 0 spiro atoms. The molecule has 0 fully saturated rings. The number of benzene rings is 2. The molecule has 0 aliphatic heterocycles. The van der Waals surface area contributed by atoms with Gasteiger partial charge in [-0.25, -0.2) is 0 Å². The van der Waals surface area contributed by atoms with Gasteiger partial charge in [0, 0.05) is 5.92 Å². The molecule has 1 unspecified atom stereocenters. The molecule has 0 nitrogen and oxygen atoms in total. The molecule has 0 amide bonds. The van der Waals surface area contributed by atoms with Crippen molar-refractivity contribution in [2.24, 2.45) is 5.92 Å². The van der Waals surface area contributed by atoms with E-state index in [1.165, 1.54) is 33.9 Å². The van der Waals surface area contributed by atoms with E-state index in [1.54, 1.807) is 11.1 Å². The summed E-state index contributed by atoms with van der Waals surface area (Å²) in [7, 11) is 0. The molecule has 0 saturated carbocycles. The van der Waals surface area contributed by atoms with Gasteiger partial charge in [-0.2, -0.15) is 0 Å². The van der Waals surface area contributed by atoms with Gasteiger partial charge in [0.1, 0.15) is 0 Å². The Hall–Kier alpha value is -1.82. The molecule has 0 radical (unpaired) electrons. The third kappa shape index (κ3) is 1.97. The first kappa shape index (κ1) is 13.8. The third-order valence-corrected chi connectivity index (χ3v) is 5.33. The van der Waals surface area contributed by atoms with Gasteiger partial charge in [0.25, 0.3) is 0 Å². The van der Waals surface area contributed by atoms with Crippen molar-refractivity contribution in [2.45, 2.75) is 46.0 Å². The molecular weight excluding hydrogens is 264 g/mol. The number of rotatable bonds is 2. The molecule has 2 aliphatic rings. The van der Waals surface area contributed by atoms with Gasteiger partial charge in [0.2, 0.25) is 0 Å². The van der Waals surface area contributed by atoms with Crippen molar-refractivity contribution in [3.05, 3.63) is 58.2 Å². The minimum atomic E-state index is 0.568. The second-order valence-electron chi connectivity index (χ2n) is 7.48. The van der Waals surface area contributed by atoms with E-state index in [0.29, 0.717) is 17.8 Å². The van der Waals surface area contributed by atoms with E-state index < -0.39 is 0 Å². The largest absolute Gasteiger partial charge is 0.0760 e. The van der Waals surface area contributed by atoms with E-state index in [1.807, 2.05) is 0 Å². The Balaban J connectivity index is 2.01. The maximum absolute atomic E-state index is 2.44. The van der Waals surface area contributed by atoms with Crippen LogP contribution < -0.4 is 0 Å². The van der Waals surface area contributed by atoms with Crippen LogP contribution in [0.5, 0.6) is 0 Å². The van der Waals surface area contributed by atoms with Crippen molar-refractivity contribution in [1.29, 1.82) is 0 Å². The highest BCUT2D eigenvalue weighted by atomic mass is 14.3. The molecule has 22 heavy (non-hydrogen) atoms. The van der Waals surface area contributed by atoms with Crippen molar-refractivity contribution in [1.82, 2.24) is 0 Å². The summed E-state index contributed by atoms with van der Waals surface area (Å²) < 4.78 is 0. The number of hydrogen-bond donors (Lipinski definition) is 0. The first-order valence-corrected chi connectivity index (χ1v) is 8.54. The van der Waals surface area contributed by atoms with Gasteiger partial charge in [0.15, 0.2) is 0 Å². The van der Waals surface area contributed by atoms with Crippen LogP contribution in [0.3, 0.4) is 0 Å². The summed E-state index contributed by atoms with van der Waals surface area (Å²) in [6.45, 7) is 9.17. The molecule has 4 rings (SSSR count). The Morgan fingerprint density at radius 2 is 1.77 bits per heavy atom. The maximum Gasteiger partial charge on any atom is 0.00710 e. The standard InChI is InChI=1S/C22H24/c1-13(2)19-9-15-5-7-17-11-20(14(3)4)12-18-8-6-16(10-19)21(15)22(17)18/h5-11,13-14,18H,12H2,1-4H3. The molecule has 0 N–H and O–H groups in total. The predicted molar refractivity (Wildman–Crippen MR) is 97.2 cm³/mol. The molecular formula is C22H24. The van der Waals surface area contributed by atoms with Gasteiger partial charge in [-0.1, -0.05) is 75.8 Å². The van der Waals surface area contributed by atoms with Crippen LogP contribution in [0.15, 0.2) is 35.9 Å². The number of allylic oxidation sites excluding steroid dienone is 2. The fourth-order valence-electron chi connectivity index (χ4n) is 3.96. The number of hydrogen-bond acceptors (Lipinski definition) is 0. The molecule has 0 saturated heterocycles. The summed E-state index contributed by atoms with van der Waals surface area (Å²) >= 11 is 0. The molecule has 2 aromatic rings. The van der Waals surface area contributed by atoms with Crippen LogP contribution in [0, 0.1) is 5.92 Å². The topological polar surface area (TPSA) is 0 Å². The minimum absolute atomic E-state index is 0.568. The van der Waals surface area contributed by atoms with Crippen molar-refractivity contribution in [3.63, 3.8) is 0 Å². The molecule has 112 valence electrons. The highest BCUT2D eigenvalue weighted by Gasteiger charge is 2.26. The Labute approximate surface area is 133 Å². The highest BCUT2D eigenvalue weighted by Crippen LogP contribution is 2.45. The first-order chi connectivity index (χ1) is 10.5. The van der Waals surface area contributed by atoms with Crippen LogP contribution in [-0.4, -0.2) is 0 Å². The monoisotopic (exact) mass is 288 g/mol. The van der Waals surface area contributed by atoms with Gasteiger partial charge in [-0.3, -0.25) is 0 Å². The highest BCUT2D eigenvalue weighted by molar-refractivity contribution is 5.99. The van der Waals surface area contributed by atoms with Crippen LogP contribution in [0.4, 0.5) is 0 Å². The molecule has 0 heteroatoms. The lowest BCUT2D eigenvalue weighted by atomic mass is 9.74. The zero-order valence-corrected chi connectivity index (χ0v) is 14.0. The van der Waals surface area contributed by atoms with Crippen molar-refractivity contribution >= 4 is 22.9 Å². The summed E-state index contributed by atoms with van der Waals surface area (Å²) in [5.74, 6) is 1.79. The van der Waals surface area contributed by atoms with E-state index >= 15 is 0 Å². The normalized spacial score (nSPS) is 19.2. The maximum atomic E-state index is 2.44. The Morgan fingerprint density at radius 3 is 2.50 bits per heavy atom. The third-order valence-electron chi connectivity index (χ3n) is 5.33. The summed E-state index contributed by atoms with van der Waals surface area (Å²) in [4.78, 5) is 0. The fraction of sp³-hybridized carbons (Fsp3) is 0.364. The van der Waals surface area contributed by atoms with E-state index in [9.17, 15) is 0 Å². The van der Waals surface area contributed by atoms with Crippen LogP contribution in [-0.2, 0) is 0 Å². The van der Waals surface area contributed by atoms with Crippen LogP contribution in [0.2, 0.25) is 0 Å². The Kier molecular flexibility index (Phi) is 3.04. The molecule has 1 atom stereocenters. The summed E-state index contributed by atoms with van der Waals surface area (Å²) in [5.41, 5.74) is 7.45. The molecule has 0 aromatic heterocycles. The van der Waals surface area contributed by atoms with E-state index in [0.717, 1.165) is 0 Å². The molecule has 0 bridgehead atoms. The molecule has 2 aliphatic carbocycles. The fourth-order valence-corrected chi connectivity index (χ4v) is 3.96. The zero-order chi connectivity index (χ0) is 15.4. The van der Waals surface area contributed by atoms with E-state index in [4.69, 9.17) is 0 Å². The van der Waals surface area contributed by atoms with Crippen LogP contribution >= 0.6 is 0 Å². The second kappa shape index (κ2) is 4.84. The van der Waals surface area contributed by atoms with Crippen molar-refractivity contribution < 1.29 is 0 Å². The lowest BCUT2D eigenvalue weighted by Gasteiger charge is -2.30. The van der Waals surface area contributed by atoms with Crippen molar-refractivity contribution in [3.8, 4) is 0 Å². The lowest BCUT2D eigenvalue weighted by Crippen LogP contribution is -2.12. The van der Waals surface area contributed by atoms with E-state index in [2.05, 4.69) is 70.2 Å². The lowest BCUT2D eigenvalue weighted by molar-refractivity contribution is 0.679. The smallest absolute Gasteiger partial charge is 0.00710 e. The van der Waals surface area contributed by atoms with Gasteiger partial charge in [-0.05, 0) is 51.3 Å². The second-order valence-corrected chi connectivity index (χ2v) is 7.48. The predicted octanol–water partition coefficient (Wildman–Crippen LogP) is 6.52. The quantitative estimate of drug-likeness (QED) is 0.590. The molecule has 2 aromatic carbocycles. The summed E-state index contributed by atoms with van der Waals surface area (Å²) in [6.07, 6.45) is 8.42. The average molecular weight is 288 g/mol. The van der Waals surface area contributed by atoms with Gasteiger partial charge in [0.05, 0.1) is 0 Å². The van der Waals surface area contributed by atoms with Crippen molar-refractivity contribution in [2.75, 3.05) is 0 Å². The minimum Gasteiger partial charge on any atom is -0.0760 e. The summed E-state index contributed by atoms with van der Waals surface area (Å²) in [5, 5.41) is 2.91. The van der Waals surface area contributed by atoms with E-state index in [-0.39, 0.29) is 0 Å². The van der Waals surface area contributed by atoms with Crippen LogP contribution in [0.25, 0.3) is 22.9 Å². The average Bonchev–Trinajstić information content (AvgIpc) is 2.51. The first-order valence-electron chi connectivity index (χ1n) is 8.54.